The number of benzene rings is 1. The lowest BCUT2D eigenvalue weighted by Crippen LogP contribution is -2.45. The minimum absolute atomic E-state index is 0.248. The maximum atomic E-state index is 12.9. The number of esters is 1. The number of ether oxygens (including phenoxy) is 2. The van der Waals surface area contributed by atoms with Crippen molar-refractivity contribution in [3.05, 3.63) is 35.4 Å². The summed E-state index contributed by atoms with van der Waals surface area (Å²) < 4.78 is 49.1. The van der Waals surface area contributed by atoms with E-state index in [4.69, 9.17) is 9.47 Å². The van der Waals surface area contributed by atoms with Gasteiger partial charge in [-0.3, -0.25) is 4.79 Å². The van der Waals surface area contributed by atoms with E-state index in [1.165, 1.54) is 12.1 Å². The fourth-order valence-corrected chi connectivity index (χ4v) is 2.48. The van der Waals surface area contributed by atoms with E-state index in [0.717, 1.165) is 12.1 Å². The Kier molecular flexibility index (Phi) is 8.31. The number of alkyl halides is 3. The molecule has 170 valence electrons. The van der Waals surface area contributed by atoms with Gasteiger partial charge in [0, 0.05) is 5.92 Å². The van der Waals surface area contributed by atoms with Crippen LogP contribution in [0.5, 0.6) is 0 Å². The molecule has 6 nitrogen and oxygen atoms in total. The number of carbonyl (C=O) groups excluding carboxylic acids is 2. The minimum Gasteiger partial charge on any atom is -0.465 e. The van der Waals surface area contributed by atoms with Gasteiger partial charge in [-0.05, 0) is 59.2 Å². The zero-order valence-electron chi connectivity index (χ0n) is 18.1. The van der Waals surface area contributed by atoms with Gasteiger partial charge in [0.2, 0.25) is 0 Å². The van der Waals surface area contributed by atoms with E-state index in [1.54, 1.807) is 41.5 Å². The molecule has 1 amide bonds. The molecule has 0 aromatic heterocycles. The topological polar surface area (TPSA) is 84.9 Å². The van der Waals surface area contributed by atoms with E-state index < -0.39 is 53.4 Å². The molecule has 0 aliphatic heterocycles. The summed E-state index contributed by atoms with van der Waals surface area (Å²) in [6.07, 6.45) is -5.31. The number of carbonyl (C=O) groups is 2. The van der Waals surface area contributed by atoms with Crippen LogP contribution in [0.3, 0.4) is 0 Å². The number of halogens is 3. The fourth-order valence-electron chi connectivity index (χ4n) is 2.48. The van der Waals surface area contributed by atoms with E-state index in [1.807, 2.05) is 0 Å². The van der Waals surface area contributed by atoms with Crippen LogP contribution < -0.4 is 5.32 Å². The second kappa shape index (κ2) is 9.68. The van der Waals surface area contributed by atoms with Crippen molar-refractivity contribution in [3.8, 4) is 0 Å². The second-order valence-electron chi connectivity index (χ2n) is 9.01. The Labute approximate surface area is 174 Å². The van der Waals surface area contributed by atoms with E-state index in [9.17, 15) is 27.9 Å². The molecular formula is C21H30F3NO5. The first-order valence-corrected chi connectivity index (χ1v) is 9.49. The highest BCUT2D eigenvalue weighted by molar-refractivity contribution is 5.75. The lowest BCUT2D eigenvalue weighted by molar-refractivity contribution is -0.153. The maximum absolute atomic E-state index is 12.9. The lowest BCUT2D eigenvalue weighted by atomic mass is 9.91. The molecule has 0 aliphatic rings. The van der Waals surface area contributed by atoms with Crippen molar-refractivity contribution in [3.63, 3.8) is 0 Å². The quantitative estimate of drug-likeness (QED) is 0.655. The Morgan fingerprint density at radius 2 is 1.57 bits per heavy atom. The molecule has 0 aliphatic carbocycles. The van der Waals surface area contributed by atoms with Crippen molar-refractivity contribution in [1.29, 1.82) is 0 Å². The Hall–Kier alpha value is -2.29. The van der Waals surface area contributed by atoms with Gasteiger partial charge in [0.05, 0.1) is 23.6 Å². The Bertz CT molecular complexity index is 718. The Balaban J connectivity index is 3.14. The summed E-state index contributed by atoms with van der Waals surface area (Å²) in [5.41, 5.74) is -2.05. The SMILES string of the molecule is CC(C)(C)OC(=O)NC(CO)C(COC(=O)C(C)(C)C)c1ccc(C(F)(F)F)cc1. The van der Waals surface area contributed by atoms with Gasteiger partial charge in [-0.25, -0.2) is 4.79 Å². The first-order chi connectivity index (χ1) is 13.5. The highest BCUT2D eigenvalue weighted by atomic mass is 19.4. The van der Waals surface area contributed by atoms with Crippen LogP contribution in [0.25, 0.3) is 0 Å². The Morgan fingerprint density at radius 1 is 1.03 bits per heavy atom. The first-order valence-electron chi connectivity index (χ1n) is 9.49. The van der Waals surface area contributed by atoms with Crippen LogP contribution >= 0.6 is 0 Å². The monoisotopic (exact) mass is 433 g/mol. The molecule has 2 atom stereocenters. The van der Waals surface area contributed by atoms with E-state index >= 15 is 0 Å². The molecule has 0 saturated heterocycles. The molecule has 30 heavy (non-hydrogen) atoms. The number of hydrogen-bond acceptors (Lipinski definition) is 5. The maximum Gasteiger partial charge on any atom is 0.416 e. The highest BCUT2D eigenvalue weighted by Crippen LogP contribution is 2.31. The van der Waals surface area contributed by atoms with Gasteiger partial charge in [0.25, 0.3) is 0 Å². The molecule has 0 fully saturated rings. The summed E-state index contributed by atoms with van der Waals surface area (Å²) in [4.78, 5) is 24.3. The number of aliphatic hydroxyl groups excluding tert-OH is 1. The van der Waals surface area contributed by atoms with Crippen molar-refractivity contribution < 1.29 is 37.3 Å². The summed E-state index contributed by atoms with van der Waals surface area (Å²) in [5, 5.41) is 12.3. The molecule has 1 aromatic rings. The van der Waals surface area contributed by atoms with E-state index in [0.29, 0.717) is 5.56 Å². The third-order valence-electron chi connectivity index (χ3n) is 4.06. The van der Waals surface area contributed by atoms with Crippen LogP contribution in [0.1, 0.15) is 58.6 Å². The summed E-state index contributed by atoms with van der Waals surface area (Å²) in [6, 6.07) is 3.31. The second-order valence-corrected chi connectivity index (χ2v) is 9.01. The molecule has 0 bridgehead atoms. The largest absolute Gasteiger partial charge is 0.465 e. The third-order valence-corrected chi connectivity index (χ3v) is 4.06. The third kappa shape index (κ3) is 8.22. The predicted octanol–water partition coefficient (Wildman–Crippen LogP) is 4.26. The number of rotatable bonds is 6. The molecule has 0 saturated carbocycles. The van der Waals surface area contributed by atoms with Gasteiger partial charge in [0.15, 0.2) is 0 Å². The van der Waals surface area contributed by atoms with Gasteiger partial charge < -0.3 is 19.9 Å². The predicted molar refractivity (Wildman–Crippen MR) is 105 cm³/mol. The van der Waals surface area contributed by atoms with Crippen molar-refractivity contribution >= 4 is 12.1 Å². The number of hydrogen-bond donors (Lipinski definition) is 2. The average Bonchev–Trinajstić information content (AvgIpc) is 2.57. The normalized spacial score (nSPS) is 14.6. The first kappa shape index (κ1) is 25.7. The smallest absolute Gasteiger partial charge is 0.416 e. The molecule has 2 unspecified atom stereocenters. The zero-order valence-corrected chi connectivity index (χ0v) is 18.1. The van der Waals surface area contributed by atoms with Crippen molar-refractivity contribution in [2.45, 2.75) is 65.3 Å². The number of nitrogens with one attached hydrogen (secondary N) is 1. The van der Waals surface area contributed by atoms with E-state index in [-0.39, 0.29) is 6.61 Å². The van der Waals surface area contributed by atoms with E-state index in [2.05, 4.69) is 5.32 Å². The summed E-state index contributed by atoms with van der Waals surface area (Å²) in [7, 11) is 0. The standard InChI is InChI=1S/C21H30F3NO5/c1-19(2,3)17(27)29-12-15(13-7-9-14(10-8-13)21(22,23)24)16(11-26)25-18(28)30-20(4,5)6/h7-10,15-16,26H,11-12H2,1-6H3,(H,25,28). The van der Waals surface area contributed by atoms with Crippen molar-refractivity contribution in [2.24, 2.45) is 5.41 Å². The summed E-state index contributed by atoms with van der Waals surface area (Å²) in [6.45, 7) is 9.18. The summed E-state index contributed by atoms with van der Waals surface area (Å²) in [5.74, 6) is -1.32. The van der Waals surface area contributed by atoms with Crippen molar-refractivity contribution in [1.82, 2.24) is 5.32 Å². The van der Waals surface area contributed by atoms with Gasteiger partial charge in [-0.1, -0.05) is 12.1 Å². The molecular weight excluding hydrogens is 403 g/mol. The number of amides is 1. The van der Waals surface area contributed by atoms with Crippen LogP contribution in [0.15, 0.2) is 24.3 Å². The molecule has 0 radical (unpaired) electrons. The molecule has 2 N–H and O–H groups in total. The van der Waals surface area contributed by atoms with Crippen LogP contribution in [0.2, 0.25) is 0 Å². The molecule has 0 spiro atoms. The van der Waals surface area contributed by atoms with Crippen LogP contribution in [0.4, 0.5) is 18.0 Å². The zero-order chi connectivity index (χ0) is 23.3. The minimum atomic E-state index is -4.50. The highest BCUT2D eigenvalue weighted by Gasteiger charge is 2.33. The van der Waals surface area contributed by atoms with Crippen molar-refractivity contribution in [2.75, 3.05) is 13.2 Å². The average molecular weight is 433 g/mol. The van der Waals surface area contributed by atoms with Crippen LogP contribution in [0, 0.1) is 5.41 Å². The lowest BCUT2D eigenvalue weighted by Gasteiger charge is -2.29. The molecule has 0 heterocycles. The molecule has 1 rings (SSSR count). The van der Waals surface area contributed by atoms with Crippen LogP contribution in [-0.2, 0) is 20.4 Å². The van der Waals surface area contributed by atoms with Gasteiger partial charge in [-0.2, -0.15) is 13.2 Å². The molecule has 9 heteroatoms. The number of alkyl carbamates (subject to hydrolysis) is 1. The summed E-state index contributed by atoms with van der Waals surface area (Å²) >= 11 is 0. The van der Waals surface area contributed by atoms with Gasteiger partial charge in [0.1, 0.15) is 12.2 Å². The van der Waals surface area contributed by atoms with Gasteiger partial charge >= 0.3 is 18.2 Å². The fraction of sp³-hybridized carbons (Fsp3) is 0.619. The van der Waals surface area contributed by atoms with Crippen LogP contribution in [-0.4, -0.2) is 42.0 Å². The Morgan fingerprint density at radius 3 is 1.97 bits per heavy atom. The molecule has 1 aromatic carbocycles. The number of aliphatic hydroxyl groups is 1. The van der Waals surface area contributed by atoms with Gasteiger partial charge in [-0.15, -0.1) is 0 Å².